The molecule has 2 rings (SSSR count). The molecular weight excluding hydrogens is 506 g/mol. The molecule has 8 heteroatoms. The van der Waals surface area contributed by atoms with Gasteiger partial charge in [-0.2, -0.15) is 4.39 Å². The molecule has 0 N–H and O–H groups in total. The first-order valence-electron chi connectivity index (χ1n) is 13.9. The Balaban J connectivity index is 2.44. The third-order valence-corrected chi connectivity index (χ3v) is 12.6. The fourth-order valence-corrected chi connectivity index (χ4v) is 9.19. The van der Waals surface area contributed by atoms with E-state index in [2.05, 4.69) is 13.8 Å². The Morgan fingerprint density at radius 1 is 0.595 bits per heavy atom. The SMILES string of the molecule is CCCCCCCC[Si](CCCCCCCC)(Oc1c(F)c(F)c2c(F)cc(F)c(F)c2c1F)C(C)C. The van der Waals surface area contributed by atoms with Gasteiger partial charge in [0, 0.05) is 6.07 Å². The van der Waals surface area contributed by atoms with Gasteiger partial charge >= 0.3 is 0 Å². The molecule has 210 valence electrons. The summed E-state index contributed by atoms with van der Waals surface area (Å²) in [6.07, 6.45) is 12.4. The summed E-state index contributed by atoms with van der Waals surface area (Å²) in [7, 11) is -2.92. The van der Waals surface area contributed by atoms with Crippen molar-refractivity contribution in [2.24, 2.45) is 0 Å². The number of hydrogen-bond donors (Lipinski definition) is 0. The maximum atomic E-state index is 15.5. The van der Waals surface area contributed by atoms with Gasteiger partial charge in [0.1, 0.15) is 5.82 Å². The van der Waals surface area contributed by atoms with Crippen LogP contribution in [0.5, 0.6) is 5.75 Å². The van der Waals surface area contributed by atoms with Gasteiger partial charge < -0.3 is 4.43 Å². The van der Waals surface area contributed by atoms with Crippen LogP contribution >= 0.6 is 0 Å². The Labute approximate surface area is 219 Å². The van der Waals surface area contributed by atoms with E-state index in [1.54, 1.807) is 0 Å². The van der Waals surface area contributed by atoms with Gasteiger partial charge in [-0.1, -0.05) is 105 Å². The van der Waals surface area contributed by atoms with Crippen LogP contribution in [-0.4, -0.2) is 8.32 Å². The summed E-state index contributed by atoms with van der Waals surface area (Å²) in [6.45, 7) is 8.15. The first-order valence-corrected chi connectivity index (χ1v) is 16.3. The van der Waals surface area contributed by atoms with Crippen LogP contribution in [-0.2, 0) is 0 Å². The standard InChI is InChI=1S/C29H42F6OSi/c1-5-7-9-11-13-15-17-37(20(3)4,18-16-14-12-10-8-6-2)36-29-27(34)24-23(26(33)28(29)35)21(30)19-22(31)25(24)32/h19-20H,5-18H2,1-4H3. The van der Waals surface area contributed by atoms with Crippen molar-refractivity contribution in [3.05, 3.63) is 41.0 Å². The van der Waals surface area contributed by atoms with E-state index in [1.165, 1.54) is 0 Å². The van der Waals surface area contributed by atoms with Crippen molar-refractivity contribution in [3.8, 4) is 5.75 Å². The van der Waals surface area contributed by atoms with Crippen molar-refractivity contribution in [3.63, 3.8) is 0 Å². The highest BCUT2D eigenvalue weighted by Gasteiger charge is 2.42. The fourth-order valence-electron chi connectivity index (χ4n) is 5.06. The van der Waals surface area contributed by atoms with Gasteiger partial charge in [0.05, 0.1) is 10.8 Å². The third-order valence-electron chi connectivity index (χ3n) is 7.47. The van der Waals surface area contributed by atoms with Crippen molar-refractivity contribution >= 4 is 19.1 Å². The highest BCUT2D eigenvalue weighted by molar-refractivity contribution is 6.75. The first kappa shape index (κ1) is 31.5. The summed E-state index contributed by atoms with van der Waals surface area (Å²) in [6, 6.07) is 1.32. The molecule has 0 unspecified atom stereocenters. The second-order valence-corrected chi connectivity index (χ2v) is 15.0. The van der Waals surface area contributed by atoms with Crippen LogP contribution in [0.4, 0.5) is 26.3 Å². The second-order valence-electron chi connectivity index (χ2n) is 10.5. The van der Waals surface area contributed by atoms with Crippen molar-refractivity contribution in [2.45, 2.75) is 122 Å². The van der Waals surface area contributed by atoms with Crippen molar-refractivity contribution in [1.29, 1.82) is 0 Å². The smallest absolute Gasteiger partial charge is 0.254 e. The van der Waals surface area contributed by atoms with Crippen LogP contribution in [0.25, 0.3) is 10.8 Å². The monoisotopic (exact) mass is 548 g/mol. The number of fused-ring (bicyclic) bond motifs is 1. The van der Waals surface area contributed by atoms with Gasteiger partial charge in [-0.15, -0.1) is 0 Å². The molecule has 0 saturated heterocycles. The van der Waals surface area contributed by atoms with E-state index >= 15 is 8.78 Å². The average Bonchev–Trinajstić information content (AvgIpc) is 2.86. The molecule has 0 aliphatic heterocycles. The quantitative estimate of drug-likeness (QED) is 0.0827. The van der Waals surface area contributed by atoms with Crippen LogP contribution in [0.1, 0.15) is 105 Å². The van der Waals surface area contributed by atoms with E-state index in [9.17, 15) is 17.6 Å². The van der Waals surface area contributed by atoms with Gasteiger partial charge in [0.2, 0.25) is 5.82 Å². The van der Waals surface area contributed by atoms with Gasteiger partial charge in [-0.25, -0.2) is 22.0 Å². The summed E-state index contributed by atoms with van der Waals surface area (Å²) < 4.78 is 94.3. The topological polar surface area (TPSA) is 9.23 Å². The molecule has 2 aromatic rings. The number of hydrogen-bond acceptors (Lipinski definition) is 1. The zero-order chi connectivity index (χ0) is 27.6. The minimum absolute atomic E-state index is 0.0644. The Hall–Kier alpha value is -1.70. The summed E-state index contributed by atoms with van der Waals surface area (Å²) in [4.78, 5) is 0. The van der Waals surface area contributed by atoms with Crippen LogP contribution in [0.15, 0.2) is 6.07 Å². The predicted molar refractivity (Wildman–Crippen MR) is 142 cm³/mol. The second kappa shape index (κ2) is 15.0. The molecule has 0 heterocycles. The molecule has 0 saturated carbocycles. The predicted octanol–water partition coefficient (Wildman–Crippen LogP) is 11.1. The Bertz CT molecular complexity index is 994. The van der Waals surface area contributed by atoms with E-state index in [1.807, 2.05) is 13.8 Å². The van der Waals surface area contributed by atoms with Crippen LogP contribution in [0.2, 0.25) is 17.6 Å². The molecule has 2 aromatic carbocycles. The van der Waals surface area contributed by atoms with Crippen LogP contribution in [0, 0.1) is 34.9 Å². The zero-order valence-corrected chi connectivity index (χ0v) is 23.7. The molecule has 0 radical (unpaired) electrons. The van der Waals surface area contributed by atoms with Crippen molar-refractivity contribution in [1.82, 2.24) is 0 Å². The van der Waals surface area contributed by atoms with Crippen LogP contribution < -0.4 is 4.43 Å². The molecule has 0 fully saturated rings. The molecular formula is C29H42F6OSi. The van der Waals surface area contributed by atoms with Gasteiger partial charge in [-0.3, -0.25) is 0 Å². The lowest BCUT2D eigenvalue weighted by molar-refractivity contribution is 0.404. The number of unbranched alkanes of at least 4 members (excludes halogenated alkanes) is 10. The molecule has 1 nitrogen and oxygen atoms in total. The largest absolute Gasteiger partial charge is 0.539 e. The zero-order valence-electron chi connectivity index (χ0n) is 22.7. The van der Waals surface area contributed by atoms with E-state index < -0.39 is 59.7 Å². The highest BCUT2D eigenvalue weighted by atomic mass is 28.4. The van der Waals surface area contributed by atoms with E-state index in [0.717, 1.165) is 77.0 Å². The lowest BCUT2D eigenvalue weighted by atomic mass is 10.1. The molecule has 0 aromatic heterocycles. The van der Waals surface area contributed by atoms with Gasteiger partial charge in [0.15, 0.2) is 29.0 Å². The molecule has 0 spiro atoms. The normalized spacial score (nSPS) is 12.2. The summed E-state index contributed by atoms with van der Waals surface area (Å²) >= 11 is 0. The van der Waals surface area contributed by atoms with Gasteiger partial charge in [0.25, 0.3) is 8.32 Å². The van der Waals surface area contributed by atoms with Crippen molar-refractivity contribution in [2.75, 3.05) is 0 Å². The molecule has 0 atom stereocenters. The Morgan fingerprint density at radius 3 is 1.57 bits per heavy atom. The minimum Gasteiger partial charge on any atom is -0.539 e. The maximum Gasteiger partial charge on any atom is 0.254 e. The molecule has 0 aliphatic carbocycles. The fraction of sp³-hybridized carbons (Fsp3) is 0.655. The maximum absolute atomic E-state index is 15.5. The minimum atomic E-state index is -2.92. The van der Waals surface area contributed by atoms with E-state index in [0.29, 0.717) is 12.1 Å². The van der Waals surface area contributed by atoms with E-state index in [4.69, 9.17) is 4.43 Å². The summed E-state index contributed by atoms with van der Waals surface area (Å²) in [5, 5.41) is -2.50. The Morgan fingerprint density at radius 2 is 1.08 bits per heavy atom. The lowest BCUT2D eigenvalue weighted by Crippen LogP contribution is -2.45. The lowest BCUT2D eigenvalue weighted by Gasteiger charge is -2.36. The van der Waals surface area contributed by atoms with E-state index in [-0.39, 0.29) is 11.6 Å². The average molecular weight is 549 g/mol. The Kier molecular flexibility index (Phi) is 12.8. The van der Waals surface area contributed by atoms with Crippen LogP contribution in [0.3, 0.4) is 0 Å². The summed E-state index contributed by atoms with van der Waals surface area (Å²) in [5.74, 6) is -11.1. The highest BCUT2D eigenvalue weighted by Crippen LogP contribution is 2.42. The number of benzene rings is 2. The summed E-state index contributed by atoms with van der Waals surface area (Å²) in [5.41, 5.74) is -0.0644. The molecule has 0 amide bonds. The molecule has 37 heavy (non-hydrogen) atoms. The number of halogens is 6. The first-order chi connectivity index (χ1) is 17.6. The van der Waals surface area contributed by atoms with Gasteiger partial charge in [-0.05, 0) is 17.6 Å². The van der Waals surface area contributed by atoms with Crippen molar-refractivity contribution < 1.29 is 30.8 Å². The number of rotatable bonds is 17. The molecule has 0 aliphatic rings. The third kappa shape index (κ3) is 7.90. The molecule has 0 bridgehead atoms.